The molecule has 10 nitrogen and oxygen atoms in total. The van der Waals surface area contributed by atoms with Gasteiger partial charge in [0.05, 0.1) is 35.8 Å². The van der Waals surface area contributed by atoms with Crippen LogP contribution in [0.2, 0.25) is 0 Å². The van der Waals surface area contributed by atoms with E-state index in [4.69, 9.17) is 15.3 Å². The van der Waals surface area contributed by atoms with E-state index in [1.165, 1.54) is 36.7 Å². The largest absolute Gasteiger partial charge is 0.389 e. The van der Waals surface area contributed by atoms with Crippen LogP contribution in [0.25, 0.3) is 0 Å². The van der Waals surface area contributed by atoms with Gasteiger partial charge >= 0.3 is 0 Å². The third kappa shape index (κ3) is 4.57. The Labute approximate surface area is 173 Å². The van der Waals surface area contributed by atoms with Crippen molar-refractivity contribution < 1.29 is 22.8 Å². The molecule has 2 heterocycles. The molecule has 3 N–H and O–H groups in total. The number of carbonyl (C=O) groups excluding carboxylic acids is 1. The number of benzene rings is 1. The van der Waals surface area contributed by atoms with Gasteiger partial charge in [-0.3, -0.25) is 4.79 Å². The van der Waals surface area contributed by atoms with Crippen LogP contribution < -0.4 is 11.1 Å². The lowest BCUT2D eigenvalue weighted by Gasteiger charge is -2.11. The van der Waals surface area contributed by atoms with E-state index in [9.17, 15) is 13.2 Å². The Morgan fingerprint density at radius 1 is 1.17 bits per heavy atom. The van der Waals surface area contributed by atoms with Gasteiger partial charge in [0, 0.05) is 12.0 Å². The standard InChI is InChI=1S/C19H21N5O5S/c20-16-9-22-17(10-21-16)23-19(25)18(24-29-13-7-8-28-11-13)12-1-3-14(4-2-12)30(26,27)15-5-6-15/h1-4,9-10,13,15H,5-8,11H2,(H2,20,21)(H,22,23,25)/b24-18+/t13-/m1/s1. The first-order valence-corrected chi connectivity index (χ1v) is 11.0. The van der Waals surface area contributed by atoms with Crippen LogP contribution in [0.4, 0.5) is 11.6 Å². The van der Waals surface area contributed by atoms with Gasteiger partial charge in [-0.05, 0) is 25.0 Å². The van der Waals surface area contributed by atoms with Gasteiger partial charge < -0.3 is 20.6 Å². The number of aromatic nitrogens is 2. The number of nitrogens with two attached hydrogens (primary N) is 1. The Morgan fingerprint density at radius 3 is 2.53 bits per heavy atom. The van der Waals surface area contributed by atoms with Crippen molar-refractivity contribution in [2.75, 3.05) is 24.3 Å². The summed E-state index contributed by atoms with van der Waals surface area (Å²) in [7, 11) is -3.32. The van der Waals surface area contributed by atoms with Gasteiger partial charge in [-0.25, -0.2) is 18.4 Å². The number of ether oxygens (including phenoxy) is 1. The average Bonchev–Trinajstić information content (AvgIpc) is 3.48. The molecule has 1 amide bonds. The molecule has 0 unspecified atom stereocenters. The second-order valence-electron chi connectivity index (χ2n) is 7.08. The van der Waals surface area contributed by atoms with E-state index in [2.05, 4.69) is 20.4 Å². The van der Waals surface area contributed by atoms with Gasteiger partial charge in [-0.1, -0.05) is 17.3 Å². The zero-order valence-corrected chi connectivity index (χ0v) is 16.8. The predicted molar refractivity (Wildman–Crippen MR) is 109 cm³/mol. The first-order valence-electron chi connectivity index (χ1n) is 9.48. The van der Waals surface area contributed by atoms with Crippen molar-refractivity contribution in [3.63, 3.8) is 0 Å². The third-order valence-corrected chi connectivity index (χ3v) is 7.01. The number of rotatable bonds is 7. The first-order chi connectivity index (χ1) is 14.4. The zero-order chi connectivity index (χ0) is 21.1. The Hall–Kier alpha value is -3.05. The number of nitrogen functional groups attached to an aromatic ring is 1. The summed E-state index contributed by atoms with van der Waals surface area (Å²) >= 11 is 0. The van der Waals surface area contributed by atoms with Gasteiger partial charge in [0.15, 0.2) is 27.5 Å². The number of hydrogen-bond donors (Lipinski definition) is 2. The number of nitrogens with one attached hydrogen (secondary N) is 1. The maximum absolute atomic E-state index is 12.8. The number of sulfone groups is 1. The number of nitrogens with zero attached hydrogens (tertiary/aromatic N) is 3. The average molecular weight is 431 g/mol. The van der Waals surface area contributed by atoms with Crippen LogP contribution >= 0.6 is 0 Å². The molecule has 1 atom stereocenters. The molecule has 0 bridgehead atoms. The second-order valence-corrected chi connectivity index (χ2v) is 9.31. The summed E-state index contributed by atoms with van der Waals surface area (Å²) in [6, 6.07) is 6.04. The van der Waals surface area contributed by atoms with Crippen molar-refractivity contribution in [1.82, 2.24) is 9.97 Å². The van der Waals surface area contributed by atoms with Crippen molar-refractivity contribution in [2.45, 2.75) is 35.5 Å². The molecule has 11 heteroatoms. The summed E-state index contributed by atoms with van der Waals surface area (Å²) in [5, 5.41) is 6.31. The highest BCUT2D eigenvalue weighted by molar-refractivity contribution is 7.92. The molecule has 1 aliphatic heterocycles. The molecule has 158 valence electrons. The lowest BCUT2D eigenvalue weighted by Crippen LogP contribution is -2.26. The highest BCUT2D eigenvalue weighted by atomic mass is 32.2. The number of anilines is 2. The van der Waals surface area contributed by atoms with Crippen LogP contribution in [-0.2, 0) is 24.2 Å². The highest BCUT2D eigenvalue weighted by Crippen LogP contribution is 2.33. The summed E-state index contributed by atoms with van der Waals surface area (Å²) in [6.45, 7) is 0.955. The molecule has 1 aliphatic carbocycles. The minimum atomic E-state index is -3.32. The quantitative estimate of drug-likeness (QED) is 0.490. The summed E-state index contributed by atoms with van der Waals surface area (Å²) < 4.78 is 30.1. The van der Waals surface area contributed by atoms with E-state index < -0.39 is 15.7 Å². The van der Waals surface area contributed by atoms with E-state index in [0.717, 1.165) is 0 Å². The van der Waals surface area contributed by atoms with Crippen molar-refractivity contribution in [3.8, 4) is 0 Å². The fourth-order valence-corrected chi connectivity index (χ4v) is 4.56. The molecule has 1 saturated heterocycles. The molecule has 1 aromatic heterocycles. The van der Waals surface area contributed by atoms with Crippen molar-refractivity contribution in [3.05, 3.63) is 42.2 Å². The number of oxime groups is 1. The summed E-state index contributed by atoms with van der Waals surface area (Å²) in [5.41, 5.74) is 5.90. The van der Waals surface area contributed by atoms with Crippen LogP contribution in [0.5, 0.6) is 0 Å². The molecule has 1 saturated carbocycles. The van der Waals surface area contributed by atoms with E-state index in [0.29, 0.717) is 38.0 Å². The van der Waals surface area contributed by atoms with Crippen LogP contribution in [0.1, 0.15) is 24.8 Å². The molecular formula is C19H21N5O5S. The van der Waals surface area contributed by atoms with E-state index in [-0.39, 0.29) is 33.6 Å². The highest BCUT2D eigenvalue weighted by Gasteiger charge is 2.36. The molecule has 0 radical (unpaired) electrons. The fraction of sp³-hybridized carbons (Fsp3) is 0.368. The van der Waals surface area contributed by atoms with Crippen molar-refractivity contribution >= 4 is 33.1 Å². The lowest BCUT2D eigenvalue weighted by molar-refractivity contribution is -0.110. The number of carbonyl (C=O) groups is 1. The number of hydrogen-bond acceptors (Lipinski definition) is 9. The molecule has 4 rings (SSSR count). The van der Waals surface area contributed by atoms with Crippen LogP contribution in [0, 0.1) is 0 Å². The summed E-state index contributed by atoms with van der Waals surface area (Å²) in [5.74, 6) is -0.163. The van der Waals surface area contributed by atoms with Crippen LogP contribution in [-0.4, -0.2) is 54.6 Å². The van der Waals surface area contributed by atoms with Crippen LogP contribution in [0.3, 0.4) is 0 Å². The molecule has 2 aromatic rings. The summed E-state index contributed by atoms with van der Waals surface area (Å²) in [4.78, 5) is 26.4. The molecule has 30 heavy (non-hydrogen) atoms. The molecule has 2 fully saturated rings. The van der Waals surface area contributed by atoms with E-state index >= 15 is 0 Å². The van der Waals surface area contributed by atoms with E-state index in [1.807, 2.05) is 0 Å². The maximum atomic E-state index is 12.8. The SMILES string of the molecule is Nc1cnc(NC(=O)/C(=N/O[C@@H]2CCOC2)c2ccc(S(=O)(=O)C3CC3)cc2)cn1. The Balaban J connectivity index is 1.58. The Kier molecular flexibility index (Phi) is 5.64. The van der Waals surface area contributed by atoms with Crippen molar-refractivity contribution in [2.24, 2.45) is 5.16 Å². The van der Waals surface area contributed by atoms with Gasteiger partial charge in [0.25, 0.3) is 5.91 Å². The first kappa shape index (κ1) is 20.2. The molecular weight excluding hydrogens is 410 g/mol. The van der Waals surface area contributed by atoms with Gasteiger partial charge in [0.1, 0.15) is 5.82 Å². The molecule has 0 spiro atoms. The normalized spacial score (nSPS) is 19.5. The minimum Gasteiger partial charge on any atom is -0.389 e. The smallest absolute Gasteiger partial charge is 0.279 e. The fourth-order valence-electron chi connectivity index (χ4n) is 2.90. The monoisotopic (exact) mass is 431 g/mol. The molecule has 1 aromatic carbocycles. The number of amides is 1. The molecule has 2 aliphatic rings. The van der Waals surface area contributed by atoms with Gasteiger partial charge in [-0.15, -0.1) is 0 Å². The van der Waals surface area contributed by atoms with E-state index in [1.54, 1.807) is 0 Å². The Morgan fingerprint density at radius 2 is 1.93 bits per heavy atom. The summed E-state index contributed by atoms with van der Waals surface area (Å²) in [6.07, 6.45) is 4.41. The van der Waals surface area contributed by atoms with Gasteiger partial charge in [0.2, 0.25) is 0 Å². The maximum Gasteiger partial charge on any atom is 0.279 e. The predicted octanol–water partition coefficient (Wildman–Crippen LogP) is 1.14. The van der Waals surface area contributed by atoms with Crippen molar-refractivity contribution in [1.29, 1.82) is 0 Å². The minimum absolute atomic E-state index is 0.0177. The van der Waals surface area contributed by atoms with Crippen LogP contribution in [0.15, 0.2) is 46.7 Å². The second kappa shape index (κ2) is 8.36. The Bertz CT molecular complexity index is 1040. The zero-order valence-electron chi connectivity index (χ0n) is 16.0. The topological polar surface area (TPSA) is 146 Å². The van der Waals surface area contributed by atoms with Gasteiger partial charge in [-0.2, -0.15) is 0 Å². The third-order valence-electron chi connectivity index (χ3n) is 4.73. The lowest BCUT2D eigenvalue weighted by atomic mass is 10.1.